The van der Waals surface area contributed by atoms with Gasteiger partial charge in [0.15, 0.2) is 0 Å². The maximum Gasteiger partial charge on any atom is 0.245 e. The zero-order chi connectivity index (χ0) is 14.0. The van der Waals surface area contributed by atoms with Gasteiger partial charge in [-0.05, 0) is 12.8 Å². The lowest BCUT2D eigenvalue weighted by molar-refractivity contribution is -0.122. The summed E-state index contributed by atoms with van der Waals surface area (Å²) in [5.41, 5.74) is 1.02. The van der Waals surface area contributed by atoms with E-state index in [1.807, 2.05) is 30.3 Å². The van der Waals surface area contributed by atoms with Crippen LogP contribution >= 0.6 is 11.8 Å². The van der Waals surface area contributed by atoms with E-state index in [-0.39, 0.29) is 24.0 Å². The fraction of sp³-hybridized carbons (Fsp3) is 0.467. The Labute approximate surface area is 122 Å². The molecule has 1 aliphatic heterocycles. The molecule has 2 N–H and O–H groups in total. The highest BCUT2D eigenvalue weighted by Gasteiger charge is 2.42. The van der Waals surface area contributed by atoms with Crippen LogP contribution in [0.4, 0.5) is 0 Å². The highest BCUT2D eigenvalue weighted by Crippen LogP contribution is 2.44. The zero-order valence-corrected chi connectivity index (χ0v) is 12.0. The summed E-state index contributed by atoms with van der Waals surface area (Å²) in [7, 11) is 0. The summed E-state index contributed by atoms with van der Waals surface area (Å²) in [6, 6.07) is 9.64. The lowest BCUT2D eigenvalue weighted by Gasteiger charge is -2.14. The second-order valence-corrected chi connectivity index (χ2v) is 6.51. The Bertz CT molecular complexity index is 526. The van der Waals surface area contributed by atoms with Crippen LogP contribution < -0.4 is 5.32 Å². The molecule has 0 bridgehead atoms. The number of amides is 1. The number of nitrogens with one attached hydrogen (secondary N) is 1. The monoisotopic (exact) mass is 290 g/mol. The molecule has 1 aliphatic carbocycles. The molecule has 0 aromatic heterocycles. The van der Waals surface area contributed by atoms with Crippen LogP contribution in [0.5, 0.6) is 0 Å². The molecule has 1 amide bonds. The van der Waals surface area contributed by atoms with Gasteiger partial charge in [0.25, 0.3) is 0 Å². The summed E-state index contributed by atoms with van der Waals surface area (Å²) in [6.45, 7) is 0.727. The van der Waals surface area contributed by atoms with E-state index in [1.165, 1.54) is 0 Å². The maximum atomic E-state index is 12.1. The molecule has 0 spiro atoms. The Balaban J connectivity index is 1.58. The molecule has 2 aliphatic rings. The molecular formula is C15H18N2O2S. The number of aliphatic hydroxyl groups excluding tert-OH is 1. The second-order valence-electron chi connectivity index (χ2n) is 5.50. The van der Waals surface area contributed by atoms with Gasteiger partial charge in [-0.2, -0.15) is 0 Å². The molecule has 1 aromatic carbocycles. The van der Waals surface area contributed by atoms with Gasteiger partial charge in [0.2, 0.25) is 5.91 Å². The number of nitrogens with zero attached hydrogens (tertiary/aromatic N) is 1. The zero-order valence-electron chi connectivity index (χ0n) is 11.2. The summed E-state index contributed by atoms with van der Waals surface area (Å²) < 4.78 is 0. The first-order valence-electron chi connectivity index (χ1n) is 6.87. The van der Waals surface area contributed by atoms with Gasteiger partial charge >= 0.3 is 0 Å². The first-order valence-corrected chi connectivity index (χ1v) is 7.86. The third kappa shape index (κ3) is 2.88. The van der Waals surface area contributed by atoms with Gasteiger partial charge in [-0.15, -0.1) is 11.8 Å². The smallest absolute Gasteiger partial charge is 0.245 e. The van der Waals surface area contributed by atoms with Crippen molar-refractivity contribution in [3.63, 3.8) is 0 Å². The van der Waals surface area contributed by atoms with E-state index in [9.17, 15) is 9.90 Å². The minimum atomic E-state index is -0.301. The van der Waals surface area contributed by atoms with Crippen LogP contribution in [0.3, 0.4) is 0 Å². The number of rotatable bonds is 5. The quantitative estimate of drug-likeness (QED) is 0.862. The molecule has 0 saturated heterocycles. The van der Waals surface area contributed by atoms with E-state index in [1.54, 1.807) is 11.8 Å². The Morgan fingerprint density at radius 3 is 2.80 bits per heavy atom. The highest BCUT2D eigenvalue weighted by atomic mass is 32.2. The number of carbonyl (C=O) groups is 1. The number of hydrogen-bond acceptors (Lipinski definition) is 4. The molecule has 5 heteroatoms. The predicted molar refractivity (Wildman–Crippen MR) is 81.0 cm³/mol. The van der Waals surface area contributed by atoms with E-state index in [4.69, 9.17) is 0 Å². The summed E-state index contributed by atoms with van der Waals surface area (Å²) >= 11 is 1.63. The number of carbonyl (C=O) groups excluding carboxylic acids is 1. The summed E-state index contributed by atoms with van der Waals surface area (Å²) in [5, 5.41) is 13.1. The molecule has 1 atom stereocenters. The Morgan fingerprint density at radius 2 is 2.15 bits per heavy atom. The fourth-order valence-corrected chi connectivity index (χ4v) is 3.25. The van der Waals surface area contributed by atoms with Gasteiger partial charge in [0.1, 0.15) is 6.04 Å². The minimum Gasteiger partial charge on any atom is -0.396 e. The van der Waals surface area contributed by atoms with Crippen molar-refractivity contribution in [1.82, 2.24) is 5.32 Å². The number of hydrogen-bond donors (Lipinski definition) is 2. The molecule has 1 unspecified atom stereocenters. The molecule has 1 fully saturated rings. The molecular weight excluding hydrogens is 272 g/mol. The van der Waals surface area contributed by atoms with Crippen LogP contribution in [-0.4, -0.2) is 41.0 Å². The van der Waals surface area contributed by atoms with E-state index in [0.29, 0.717) is 12.3 Å². The third-order valence-corrected chi connectivity index (χ3v) is 5.00. The van der Waals surface area contributed by atoms with Crippen molar-refractivity contribution in [3.8, 4) is 0 Å². The van der Waals surface area contributed by atoms with E-state index >= 15 is 0 Å². The van der Waals surface area contributed by atoms with Crippen molar-refractivity contribution in [1.29, 1.82) is 0 Å². The fourth-order valence-electron chi connectivity index (χ4n) is 2.21. The first kappa shape index (κ1) is 13.6. The predicted octanol–water partition coefficient (Wildman–Crippen LogP) is 1.44. The maximum absolute atomic E-state index is 12.1. The summed E-state index contributed by atoms with van der Waals surface area (Å²) in [6.07, 6.45) is 2.00. The van der Waals surface area contributed by atoms with E-state index in [0.717, 1.165) is 23.4 Å². The number of aliphatic hydroxyl groups is 1. The van der Waals surface area contributed by atoms with Gasteiger partial charge in [-0.25, -0.2) is 0 Å². The van der Waals surface area contributed by atoms with Crippen molar-refractivity contribution in [2.75, 3.05) is 18.9 Å². The van der Waals surface area contributed by atoms with E-state index < -0.39 is 0 Å². The molecule has 3 rings (SSSR count). The number of benzene rings is 1. The van der Waals surface area contributed by atoms with Crippen molar-refractivity contribution in [3.05, 3.63) is 35.9 Å². The topological polar surface area (TPSA) is 61.7 Å². The van der Waals surface area contributed by atoms with Crippen LogP contribution in [0, 0.1) is 5.41 Å². The van der Waals surface area contributed by atoms with Crippen LogP contribution in [0.15, 0.2) is 35.3 Å². The van der Waals surface area contributed by atoms with Crippen molar-refractivity contribution < 1.29 is 9.90 Å². The third-order valence-electron chi connectivity index (χ3n) is 3.90. The van der Waals surface area contributed by atoms with Gasteiger partial charge in [0, 0.05) is 23.3 Å². The van der Waals surface area contributed by atoms with Crippen LogP contribution in [-0.2, 0) is 4.79 Å². The van der Waals surface area contributed by atoms with Crippen molar-refractivity contribution in [2.24, 2.45) is 10.4 Å². The van der Waals surface area contributed by atoms with Gasteiger partial charge in [-0.3, -0.25) is 9.79 Å². The molecule has 4 nitrogen and oxygen atoms in total. The molecule has 1 saturated carbocycles. The lowest BCUT2D eigenvalue weighted by Crippen LogP contribution is -2.38. The average Bonchev–Trinajstić information content (AvgIpc) is 3.12. The number of aliphatic imine (C=N–C) groups is 1. The minimum absolute atomic E-state index is 0.0249. The Hall–Kier alpha value is -1.33. The first-order chi connectivity index (χ1) is 9.72. The highest BCUT2D eigenvalue weighted by molar-refractivity contribution is 8.14. The Morgan fingerprint density at radius 1 is 1.40 bits per heavy atom. The largest absolute Gasteiger partial charge is 0.396 e. The number of thioether (sulfide) groups is 1. The summed E-state index contributed by atoms with van der Waals surface area (Å²) in [5.74, 6) is 0.672. The normalized spacial score (nSPS) is 23.2. The van der Waals surface area contributed by atoms with Crippen molar-refractivity contribution in [2.45, 2.75) is 18.9 Å². The molecule has 0 radical (unpaired) electrons. The molecule has 1 heterocycles. The second kappa shape index (κ2) is 5.58. The molecule has 20 heavy (non-hydrogen) atoms. The summed E-state index contributed by atoms with van der Waals surface area (Å²) in [4.78, 5) is 16.6. The van der Waals surface area contributed by atoms with Crippen LogP contribution in [0.2, 0.25) is 0 Å². The van der Waals surface area contributed by atoms with Crippen molar-refractivity contribution >= 4 is 22.7 Å². The SMILES string of the molecule is O=C(NCC1(CO)CC1)C1CSC(c2ccccc2)=N1. The van der Waals surface area contributed by atoms with Gasteiger partial charge < -0.3 is 10.4 Å². The van der Waals surface area contributed by atoms with Crippen LogP contribution in [0.1, 0.15) is 18.4 Å². The standard InChI is InChI=1S/C15H18N2O2S/c18-10-15(6-7-15)9-16-13(19)12-8-20-14(17-12)11-4-2-1-3-5-11/h1-5,12,18H,6-10H2,(H,16,19). The van der Waals surface area contributed by atoms with Gasteiger partial charge in [-0.1, -0.05) is 30.3 Å². The Kier molecular flexibility index (Phi) is 3.81. The lowest BCUT2D eigenvalue weighted by atomic mass is 10.1. The average molecular weight is 290 g/mol. The van der Waals surface area contributed by atoms with E-state index in [2.05, 4.69) is 10.3 Å². The van der Waals surface area contributed by atoms with Gasteiger partial charge in [0.05, 0.1) is 11.7 Å². The molecule has 106 valence electrons. The molecule has 1 aromatic rings. The van der Waals surface area contributed by atoms with Crippen LogP contribution in [0.25, 0.3) is 0 Å².